The van der Waals surface area contributed by atoms with Crippen LogP contribution in [0.4, 0.5) is 4.79 Å². The molecule has 0 heterocycles. The van der Waals surface area contributed by atoms with Crippen molar-refractivity contribution in [2.45, 2.75) is 31.2 Å². The number of benzene rings is 2. The molecule has 0 aliphatic carbocycles. The fourth-order valence-corrected chi connectivity index (χ4v) is 2.68. The highest BCUT2D eigenvalue weighted by Gasteiger charge is 2.10. The van der Waals surface area contributed by atoms with Gasteiger partial charge in [-0.05, 0) is 36.2 Å². The van der Waals surface area contributed by atoms with Gasteiger partial charge < -0.3 is 5.32 Å². The molecule has 1 atom stereocenters. The largest absolute Gasteiger partial charge is 0.335 e. The molecule has 2 rings (SSSR count). The van der Waals surface area contributed by atoms with Crippen molar-refractivity contribution in [1.29, 1.82) is 0 Å². The predicted molar refractivity (Wildman–Crippen MR) is 91.1 cm³/mol. The van der Waals surface area contributed by atoms with Crippen LogP contribution in [0.5, 0.6) is 0 Å². The van der Waals surface area contributed by atoms with Crippen molar-refractivity contribution in [1.82, 2.24) is 10.6 Å². The Bertz CT molecular complexity index is 673. The molecule has 22 heavy (non-hydrogen) atoms. The van der Waals surface area contributed by atoms with Crippen molar-refractivity contribution >= 4 is 34.5 Å². The summed E-state index contributed by atoms with van der Waals surface area (Å²) < 4.78 is 0. The number of imide groups is 1. The zero-order valence-corrected chi connectivity index (χ0v) is 13.6. The zero-order valence-electron chi connectivity index (χ0n) is 12.8. The summed E-state index contributed by atoms with van der Waals surface area (Å²) in [7, 11) is 0. The van der Waals surface area contributed by atoms with Crippen molar-refractivity contribution in [3.05, 3.63) is 42.5 Å². The molecule has 0 aliphatic heterocycles. The van der Waals surface area contributed by atoms with E-state index in [9.17, 15) is 9.59 Å². The highest BCUT2D eigenvalue weighted by molar-refractivity contribution is 8.00. The van der Waals surface area contributed by atoms with E-state index in [2.05, 4.69) is 16.7 Å². The number of hydrogen-bond acceptors (Lipinski definition) is 3. The lowest BCUT2D eigenvalue weighted by molar-refractivity contribution is -0.117. The first-order chi connectivity index (χ1) is 10.6. The second-order valence-electron chi connectivity index (χ2n) is 5.13. The molecule has 0 radical (unpaired) electrons. The second kappa shape index (κ2) is 7.84. The number of amides is 3. The summed E-state index contributed by atoms with van der Waals surface area (Å²) in [6.07, 6.45) is 0.827. The summed E-state index contributed by atoms with van der Waals surface area (Å²) >= 11 is 1.42. The molecule has 2 aromatic rings. The molecule has 2 aromatic carbocycles. The summed E-state index contributed by atoms with van der Waals surface area (Å²) in [5, 5.41) is 7.36. The number of carbonyl (C=O) groups is 2. The Balaban J connectivity index is 1.86. The van der Waals surface area contributed by atoms with Gasteiger partial charge in [0.15, 0.2) is 0 Å². The molecule has 0 spiro atoms. The Morgan fingerprint density at radius 2 is 1.86 bits per heavy atom. The van der Waals surface area contributed by atoms with E-state index in [4.69, 9.17) is 0 Å². The van der Waals surface area contributed by atoms with E-state index >= 15 is 0 Å². The van der Waals surface area contributed by atoms with Crippen LogP contribution < -0.4 is 10.6 Å². The molecule has 0 saturated heterocycles. The van der Waals surface area contributed by atoms with Gasteiger partial charge >= 0.3 is 6.03 Å². The maximum absolute atomic E-state index is 11.8. The van der Waals surface area contributed by atoms with Crippen LogP contribution in [-0.2, 0) is 4.79 Å². The molecule has 0 unspecified atom stereocenters. The molecule has 0 bridgehead atoms. The average Bonchev–Trinajstić information content (AvgIpc) is 2.52. The van der Waals surface area contributed by atoms with Crippen LogP contribution in [0.15, 0.2) is 47.4 Å². The SMILES string of the molecule is CC[C@H](C)NC(=O)NC(=O)CSc1ccc2ccccc2c1. The number of fused-ring (bicyclic) bond motifs is 1. The maximum Gasteiger partial charge on any atom is 0.321 e. The number of thioether (sulfide) groups is 1. The highest BCUT2D eigenvalue weighted by Crippen LogP contribution is 2.23. The van der Waals surface area contributed by atoms with Gasteiger partial charge in [0, 0.05) is 10.9 Å². The molecule has 0 aliphatic rings. The number of hydrogen-bond donors (Lipinski definition) is 2. The van der Waals surface area contributed by atoms with Crippen LogP contribution in [-0.4, -0.2) is 23.7 Å². The number of urea groups is 1. The summed E-state index contributed by atoms with van der Waals surface area (Å²) in [6, 6.07) is 13.8. The van der Waals surface area contributed by atoms with Crippen molar-refractivity contribution < 1.29 is 9.59 Å². The first-order valence-electron chi connectivity index (χ1n) is 7.30. The van der Waals surface area contributed by atoms with Crippen molar-refractivity contribution in [2.75, 3.05) is 5.75 Å². The molecular formula is C17H20N2O2S. The van der Waals surface area contributed by atoms with Crippen LogP contribution in [0, 0.1) is 0 Å². The van der Waals surface area contributed by atoms with Gasteiger partial charge in [0.05, 0.1) is 5.75 Å². The third kappa shape index (κ3) is 4.77. The smallest absolute Gasteiger partial charge is 0.321 e. The third-order valence-electron chi connectivity index (χ3n) is 3.33. The predicted octanol–water partition coefficient (Wildman–Crippen LogP) is 3.56. The molecule has 5 heteroatoms. The molecule has 2 N–H and O–H groups in total. The molecule has 0 saturated carbocycles. The minimum atomic E-state index is -0.432. The summed E-state index contributed by atoms with van der Waals surface area (Å²) in [4.78, 5) is 24.3. The van der Waals surface area contributed by atoms with E-state index < -0.39 is 6.03 Å². The molecule has 0 fully saturated rings. The van der Waals surface area contributed by atoms with Crippen molar-refractivity contribution in [2.24, 2.45) is 0 Å². The van der Waals surface area contributed by atoms with E-state index in [-0.39, 0.29) is 17.7 Å². The minimum Gasteiger partial charge on any atom is -0.335 e. The molecule has 3 amide bonds. The first kappa shape index (κ1) is 16.4. The van der Waals surface area contributed by atoms with Crippen LogP contribution in [0.1, 0.15) is 20.3 Å². The Morgan fingerprint density at radius 3 is 2.59 bits per heavy atom. The van der Waals surface area contributed by atoms with Gasteiger partial charge in [-0.1, -0.05) is 37.3 Å². The maximum atomic E-state index is 11.8. The molecule has 116 valence electrons. The topological polar surface area (TPSA) is 58.2 Å². The van der Waals surface area contributed by atoms with Crippen LogP contribution in [0.25, 0.3) is 10.8 Å². The van der Waals surface area contributed by atoms with E-state index in [0.717, 1.165) is 16.7 Å². The van der Waals surface area contributed by atoms with Crippen molar-refractivity contribution in [3.8, 4) is 0 Å². The Hall–Kier alpha value is -2.01. The first-order valence-corrected chi connectivity index (χ1v) is 8.29. The van der Waals surface area contributed by atoms with Crippen LogP contribution in [0.2, 0.25) is 0 Å². The lowest BCUT2D eigenvalue weighted by Gasteiger charge is -2.11. The van der Waals surface area contributed by atoms with E-state index in [0.29, 0.717) is 0 Å². The quantitative estimate of drug-likeness (QED) is 0.829. The highest BCUT2D eigenvalue weighted by atomic mass is 32.2. The van der Waals surface area contributed by atoms with Crippen LogP contribution >= 0.6 is 11.8 Å². The van der Waals surface area contributed by atoms with Crippen molar-refractivity contribution in [3.63, 3.8) is 0 Å². The van der Waals surface area contributed by atoms with Gasteiger partial charge in [-0.15, -0.1) is 11.8 Å². The van der Waals surface area contributed by atoms with Gasteiger partial charge in [-0.25, -0.2) is 4.79 Å². The summed E-state index contributed by atoms with van der Waals surface area (Å²) in [6.45, 7) is 3.87. The van der Waals surface area contributed by atoms with Gasteiger partial charge in [0.2, 0.25) is 5.91 Å². The average molecular weight is 316 g/mol. The molecule has 4 nitrogen and oxygen atoms in total. The Labute approximate surface area is 134 Å². The standard InChI is InChI=1S/C17H20N2O2S/c1-3-12(2)18-17(21)19-16(20)11-22-15-9-8-13-6-4-5-7-14(13)10-15/h4-10,12H,3,11H2,1-2H3,(H2,18,19,20,21)/t12-/m0/s1. The van der Waals surface area contributed by atoms with E-state index in [1.54, 1.807) is 0 Å². The van der Waals surface area contributed by atoms with Gasteiger partial charge in [0.25, 0.3) is 0 Å². The van der Waals surface area contributed by atoms with Crippen LogP contribution in [0.3, 0.4) is 0 Å². The van der Waals surface area contributed by atoms with Gasteiger partial charge in [-0.3, -0.25) is 10.1 Å². The summed E-state index contributed by atoms with van der Waals surface area (Å²) in [5.74, 6) is -0.0781. The monoisotopic (exact) mass is 316 g/mol. The van der Waals surface area contributed by atoms with E-state index in [1.807, 2.05) is 50.2 Å². The molecular weight excluding hydrogens is 296 g/mol. The second-order valence-corrected chi connectivity index (χ2v) is 6.18. The minimum absolute atomic E-state index is 0.0564. The summed E-state index contributed by atoms with van der Waals surface area (Å²) in [5.41, 5.74) is 0. The lowest BCUT2D eigenvalue weighted by Crippen LogP contribution is -2.43. The van der Waals surface area contributed by atoms with Gasteiger partial charge in [0.1, 0.15) is 0 Å². The number of carbonyl (C=O) groups excluding carboxylic acids is 2. The zero-order chi connectivity index (χ0) is 15.9. The third-order valence-corrected chi connectivity index (χ3v) is 4.33. The number of nitrogens with one attached hydrogen (secondary N) is 2. The van der Waals surface area contributed by atoms with Gasteiger partial charge in [-0.2, -0.15) is 0 Å². The van der Waals surface area contributed by atoms with E-state index in [1.165, 1.54) is 17.1 Å². The fraction of sp³-hybridized carbons (Fsp3) is 0.294. The fourth-order valence-electron chi connectivity index (χ4n) is 1.93. The Kier molecular flexibility index (Phi) is 5.83. The molecule has 0 aromatic heterocycles. The Morgan fingerprint density at radius 1 is 1.14 bits per heavy atom. The normalized spacial score (nSPS) is 11.9. The lowest BCUT2D eigenvalue weighted by atomic mass is 10.1. The number of rotatable bonds is 5.